The first-order valence-electron chi connectivity index (χ1n) is 10.9. The highest BCUT2D eigenvalue weighted by Crippen LogP contribution is 2.49. The highest BCUT2D eigenvalue weighted by molar-refractivity contribution is 5.89. The van der Waals surface area contributed by atoms with E-state index in [1.54, 1.807) is 7.11 Å². The molecule has 5 nitrogen and oxygen atoms in total. The molecule has 2 atom stereocenters. The summed E-state index contributed by atoms with van der Waals surface area (Å²) in [5, 5.41) is 0. The molecule has 2 fully saturated rings. The van der Waals surface area contributed by atoms with Gasteiger partial charge in [0.15, 0.2) is 0 Å². The predicted octanol–water partition coefficient (Wildman–Crippen LogP) is 4.28. The van der Waals surface area contributed by atoms with Gasteiger partial charge in [-0.15, -0.1) is 0 Å². The van der Waals surface area contributed by atoms with E-state index in [0.29, 0.717) is 5.91 Å². The standard InChI is InChI=1S/C24H29N3O2/c1-16-25-15-20-21(26-16)14-18-8-11-22(20)27(18)23(28)24(12-4-3-5-13-24)17-6-9-19(29-2)10-7-17/h6-7,9-10,15,18,22H,3-5,8,11-14H2,1-2H3/t18-,22+/m0/s1. The van der Waals surface area contributed by atoms with Gasteiger partial charge in [-0.25, -0.2) is 9.97 Å². The minimum atomic E-state index is -0.408. The van der Waals surface area contributed by atoms with Crippen LogP contribution in [0.15, 0.2) is 30.5 Å². The van der Waals surface area contributed by atoms with Gasteiger partial charge in [0.1, 0.15) is 11.6 Å². The molecule has 1 saturated carbocycles. The minimum Gasteiger partial charge on any atom is -0.497 e. The van der Waals surface area contributed by atoms with Crippen LogP contribution in [-0.4, -0.2) is 33.9 Å². The van der Waals surface area contributed by atoms with Crippen LogP contribution in [0.5, 0.6) is 5.75 Å². The molecule has 29 heavy (non-hydrogen) atoms. The third-order valence-corrected chi connectivity index (χ3v) is 7.30. The lowest BCUT2D eigenvalue weighted by atomic mass is 9.68. The van der Waals surface area contributed by atoms with Crippen molar-refractivity contribution >= 4 is 5.91 Å². The summed E-state index contributed by atoms with van der Waals surface area (Å²) in [5.74, 6) is 1.98. The van der Waals surface area contributed by atoms with E-state index in [9.17, 15) is 4.79 Å². The first-order chi connectivity index (χ1) is 14.1. The van der Waals surface area contributed by atoms with E-state index in [0.717, 1.165) is 67.8 Å². The fourth-order valence-corrected chi connectivity index (χ4v) is 5.83. The number of aryl methyl sites for hydroxylation is 1. The van der Waals surface area contributed by atoms with Crippen LogP contribution in [-0.2, 0) is 16.6 Å². The van der Waals surface area contributed by atoms with Crippen LogP contribution in [0.25, 0.3) is 0 Å². The number of methoxy groups -OCH3 is 1. The second kappa shape index (κ2) is 7.12. The van der Waals surface area contributed by atoms with Crippen LogP contribution in [0.4, 0.5) is 0 Å². The van der Waals surface area contributed by atoms with E-state index >= 15 is 0 Å². The average molecular weight is 392 g/mol. The van der Waals surface area contributed by atoms with Gasteiger partial charge >= 0.3 is 0 Å². The van der Waals surface area contributed by atoms with Gasteiger partial charge in [0.2, 0.25) is 5.91 Å². The number of nitrogens with zero attached hydrogens (tertiary/aromatic N) is 3. The van der Waals surface area contributed by atoms with Gasteiger partial charge in [0, 0.05) is 24.2 Å². The number of hydrogen-bond acceptors (Lipinski definition) is 4. The molecule has 0 radical (unpaired) electrons. The number of aromatic nitrogens is 2. The molecule has 2 bridgehead atoms. The predicted molar refractivity (Wildman–Crippen MR) is 111 cm³/mol. The van der Waals surface area contributed by atoms with Crippen LogP contribution in [0.3, 0.4) is 0 Å². The van der Waals surface area contributed by atoms with Crippen LogP contribution in [0.1, 0.15) is 73.6 Å². The van der Waals surface area contributed by atoms with E-state index in [-0.39, 0.29) is 12.1 Å². The van der Waals surface area contributed by atoms with Crippen molar-refractivity contribution in [2.24, 2.45) is 0 Å². The molecule has 0 N–H and O–H groups in total. The van der Waals surface area contributed by atoms with E-state index < -0.39 is 5.41 Å². The molecular weight excluding hydrogens is 362 g/mol. The normalized spacial score (nSPS) is 24.8. The largest absolute Gasteiger partial charge is 0.497 e. The van der Waals surface area contributed by atoms with Crippen LogP contribution >= 0.6 is 0 Å². The summed E-state index contributed by atoms with van der Waals surface area (Å²) in [6.45, 7) is 1.94. The van der Waals surface area contributed by atoms with Gasteiger partial charge in [-0.3, -0.25) is 4.79 Å². The Morgan fingerprint density at radius 2 is 1.90 bits per heavy atom. The highest BCUT2D eigenvalue weighted by atomic mass is 16.5. The minimum absolute atomic E-state index is 0.133. The van der Waals surface area contributed by atoms with Crippen LogP contribution in [0, 0.1) is 6.92 Å². The van der Waals surface area contributed by atoms with Crippen molar-refractivity contribution in [3.63, 3.8) is 0 Å². The Kier molecular flexibility index (Phi) is 4.56. The molecule has 5 rings (SSSR count). The molecule has 152 valence electrons. The lowest BCUT2D eigenvalue weighted by Crippen LogP contribution is -2.52. The molecule has 0 unspecified atom stereocenters. The summed E-state index contributed by atoms with van der Waals surface area (Å²) in [6.07, 6.45) is 10.2. The molecule has 5 heteroatoms. The maximum atomic E-state index is 14.2. The summed E-state index contributed by atoms with van der Waals surface area (Å²) >= 11 is 0. The monoisotopic (exact) mass is 391 g/mol. The number of hydrogen-bond donors (Lipinski definition) is 0. The number of amides is 1. The maximum absolute atomic E-state index is 14.2. The summed E-state index contributed by atoms with van der Waals surface area (Å²) < 4.78 is 5.35. The lowest BCUT2D eigenvalue weighted by Gasteiger charge is -2.44. The van der Waals surface area contributed by atoms with E-state index in [1.807, 2.05) is 25.3 Å². The summed E-state index contributed by atoms with van der Waals surface area (Å²) in [4.78, 5) is 25.6. The summed E-state index contributed by atoms with van der Waals surface area (Å²) in [6, 6.07) is 8.61. The molecule has 1 saturated heterocycles. The molecule has 2 aliphatic heterocycles. The van der Waals surface area contributed by atoms with Gasteiger partial charge in [0.25, 0.3) is 0 Å². The van der Waals surface area contributed by atoms with E-state index in [2.05, 4.69) is 22.0 Å². The third kappa shape index (κ3) is 2.93. The zero-order valence-electron chi connectivity index (χ0n) is 17.4. The first kappa shape index (κ1) is 18.6. The van der Waals surface area contributed by atoms with Crippen molar-refractivity contribution in [1.82, 2.24) is 14.9 Å². The first-order valence-corrected chi connectivity index (χ1v) is 10.9. The Morgan fingerprint density at radius 3 is 2.62 bits per heavy atom. The SMILES string of the molecule is COc1ccc(C2(C(=O)N3[C@H]4CC[C@@H]3c3cnc(C)nc3C4)CCCCC2)cc1. The fraction of sp³-hybridized carbons (Fsp3) is 0.542. The Labute approximate surface area is 172 Å². The number of benzene rings is 1. The zero-order chi connectivity index (χ0) is 20.0. The van der Waals surface area contributed by atoms with Gasteiger partial charge < -0.3 is 9.64 Å². The number of ether oxygens (including phenoxy) is 1. The Hall–Kier alpha value is -2.43. The molecule has 1 amide bonds. The number of carbonyl (C=O) groups excluding carboxylic acids is 1. The van der Waals surface area contributed by atoms with Crippen molar-refractivity contribution in [2.75, 3.05) is 7.11 Å². The van der Waals surface area contributed by atoms with Gasteiger partial charge in [-0.05, 0) is 50.3 Å². The molecule has 1 aromatic carbocycles. The van der Waals surface area contributed by atoms with Gasteiger partial charge in [-0.2, -0.15) is 0 Å². The third-order valence-electron chi connectivity index (χ3n) is 7.30. The van der Waals surface area contributed by atoms with Gasteiger partial charge in [0.05, 0.1) is 24.3 Å². The van der Waals surface area contributed by atoms with E-state index in [1.165, 1.54) is 12.0 Å². The van der Waals surface area contributed by atoms with Crippen molar-refractivity contribution in [3.05, 3.63) is 53.1 Å². The average Bonchev–Trinajstić information content (AvgIpc) is 3.08. The second-order valence-corrected chi connectivity index (χ2v) is 8.85. The highest BCUT2D eigenvalue weighted by Gasteiger charge is 2.51. The molecule has 2 aromatic rings. The molecule has 3 aliphatic rings. The van der Waals surface area contributed by atoms with Crippen LogP contribution < -0.4 is 4.74 Å². The maximum Gasteiger partial charge on any atom is 0.234 e. The number of rotatable bonds is 3. The summed E-state index contributed by atoms with van der Waals surface area (Å²) in [7, 11) is 1.68. The Balaban J connectivity index is 1.53. The quantitative estimate of drug-likeness (QED) is 0.783. The number of carbonyl (C=O) groups is 1. The zero-order valence-corrected chi connectivity index (χ0v) is 17.4. The van der Waals surface area contributed by atoms with Crippen LogP contribution in [0.2, 0.25) is 0 Å². The van der Waals surface area contributed by atoms with Crippen molar-refractivity contribution < 1.29 is 9.53 Å². The smallest absolute Gasteiger partial charge is 0.234 e. The molecule has 0 spiro atoms. The van der Waals surface area contributed by atoms with Gasteiger partial charge in [-0.1, -0.05) is 31.4 Å². The Bertz CT molecular complexity index is 918. The van der Waals surface area contributed by atoms with E-state index in [4.69, 9.17) is 9.72 Å². The molecule has 1 aliphatic carbocycles. The molecule has 3 heterocycles. The fourth-order valence-electron chi connectivity index (χ4n) is 5.83. The molecular formula is C24H29N3O2. The number of fused-ring (bicyclic) bond motifs is 4. The topological polar surface area (TPSA) is 55.3 Å². The lowest BCUT2D eigenvalue weighted by molar-refractivity contribution is -0.142. The van der Waals surface area contributed by atoms with Crippen molar-refractivity contribution in [2.45, 2.75) is 75.8 Å². The van der Waals surface area contributed by atoms with Crippen molar-refractivity contribution in [3.8, 4) is 5.75 Å². The molecule has 1 aromatic heterocycles. The van der Waals surface area contributed by atoms with Crippen molar-refractivity contribution in [1.29, 1.82) is 0 Å². The summed E-state index contributed by atoms with van der Waals surface area (Å²) in [5.41, 5.74) is 3.05. The second-order valence-electron chi connectivity index (χ2n) is 8.85. The Morgan fingerprint density at radius 1 is 1.14 bits per heavy atom.